The minimum atomic E-state index is -0.702. The molecule has 0 atom stereocenters. The van der Waals surface area contributed by atoms with Crippen LogP contribution in [0.25, 0.3) is 0 Å². The van der Waals surface area contributed by atoms with E-state index >= 15 is 0 Å². The van der Waals surface area contributed by atoms with Crippen LogP contribution in [0.5, 0.6) is 0 Å². The van der Waals surface area contributed by atoms with Gasteiger partial charge in [0.05, 0.1) is 5.41 Å². The van der Waals surface area contributed by atoms with Crippen LogP contribution < -0.4 is 0 Å². The van der Waals surface area contributed by atoms with Crippen molar-refractivity contribution in [2.75, 3.05) is 6.54 Å². The van der Waals surface area contributed by atoms with Gasteiger partial charge in [0, 0.05) is 36.3 Å². The number of carboxylic acids is 1. The average molecular weight is 367 g/mol. The monoisotopic (exact) mass is 366 g/mol. The minimum absolute atomic E-state index is 0.0368. The van der Waals surface area contributed by atoms with Gasteiger partial charge in [-0.25, -0.2) is 0 Å². The maximum atomic E-state index is 10.5. The van der Waals surface area contributed by atoms with E-state index in [2.05, 4.69) is 50.1 Å². The molecule has 3 nitrogen and oxygen atoms in total. The maximum Gasteiger partial charge on any atom is 0.303 e. The van der Waals surface area contributed by atoms with Crippen molar-refractivity contribution in [3.8, 4) is 0 Å². The first-order chi connectivity index (χ1) is 11.8. The molecule has 25 heavy (non-hydrogen) atoms. The maximum absolute atomic E-state index is 10.5. The summed E-state index contributed by atoms with van der Waals surface area (Å²) in [7, 11) is 0. The fraction of sp³-hybridized carbons (Fsp3) is 0.619. The van der Waals surface area contributed by atoms with Crippen molar-refractivity contribution in [1.29, 1.82) is 0 Å². The van der Waals surface area contributed by atoms with Gasteiger partial charge in [-0.3, -0.25) is 4.79 Å². The molecule has 0 saturated carbocycles. The smallest absolute Gasteiger partial charge is 0.303 e. The van der Waals surface area contributed by atoms with Gasteiger partial charge in [0.25, 0.3) is 0 Å². The van der Waals surface area contributed by atoms with Gasteiger partial charge in [0.2, 0.25) is 5.69 Å². The van der Waals surface area contributed by atoms with Gasteiger partial charge in [-0.15, -0.1) is 12.6 Å². The highest BCUT2D eigenvalue weighted by atomic mass is 32.1. The van der Waals surface area contributed by atoms with Crippen molar-refractivity contribution < 1.29 is 14.5 Å². The summed E-state index contributed by atoms with van der Waals surface area (Å²) in [6, 6.07) is 6.34. The van der Waals surface area contributed by atoms with Gasteiger partial charge in [0.15, 0.2) is 5.71 Å². The zero-order valence-corrected chi connectivity index (χ0v) is 17.9. The predicted octanol–water partition coefficient (Wildman–Crippen LogP) is 6.07. The van der Waals surface area contributed by atoms with Crippen molar-refractivity contribution in [1.82, 2.24) is 0 Å². The minimum Gasteiger partial charge on any atom is -0.481 e. The van der Waals surface area contributed by atoms with E-state index in [-0.39, 0.29) is 11.8 Å². The average Bonchev–Trinajstić information content (AvgIpc) is 2.78. The number of carboxylic acid groups (broad SMARTS) is 1. The van der Waals surface area contributed by atoms with Crippen LogP contribution in [0.15, 0.2) is 23.1 Å². The third-order valence-electron chi connectivity index (χ3n) is 4.53. The zero-order chi connectivity index (χ0) is 19.6. The molecule has 0 amide bonds. The first-order valence-corrected chi connectivity index (χ1v) is 9.95. The Balaban J connectivity index is 0.00000134. The summed E-state index contributed by atoms with van der Waals surface area (Å²) in [4.78, 5) is 11.5. The van der Waals surface area contributed by atoms with E-state index in [1.54, 1.807) is 0 Å². The lowest BCUT2D eigenvalue weighted by Gasteiger charge is -2.15. The number of aliphatic carboxylic acids is 1. The Labute approximate surface area is 159 Å². The molecule has 0 bridgehead atoms. The molecule has 0 fully saturated rings. The summed E-state index contributed by atoms with van der Waals surface area (Å²) in [5.41, 5.74) is 4.00. The number of benzene rings is 1. The number of carbonyl (C=O) groups is 1. The molecule has 0 saturated heterocycles. The molecule has 0 aromatic heterocycles. The quantitative estimate of drug-likeness (QED) is 0.364. The van der Waals surface area contributed by atoms with Crippen molar-refractivity contribution in [3.63, 3.8) is 0 Å². The molecule has 142 valence electrons. The van der Waals surface area contributed by atoms with E-state index < -0.39 is 5.97 Å². The summed E-state index contributed by atoms with van der Waals surface area (Å²) in [6.45, 7) is 15.6. The molecule has 0 radical (unpaired) electrons. The molecule has 4 heteroatoms. The van der Waals surface area contributed by atoms with Crippen molar-refractivity contribution in [2.24, 2.45) is 0 Å². The van der Waals surface area contributed by atoms with Gasteiger partial charge in [0.1, 0.15) is 6.54 Å². The molecule has 0 aliphatic carbocycles. The Morgan fingerprint density at radius 2 is 1.72 bits per heavy atom. The molecule has 1 aromatic rings. The largest absolute Gasteiger partial charge is 0.481 e. The highest BCUT2D eigenvalue weighted by molar-refractivity contribution is 7.80. The lowest BCUT2D eigenvalue weighted by Crippen LogP contribution is -2.26. The third-order valence-corrected chi connectivity index (χ3v) is 4.80. The fourth-order valence-corrected chi connectivity index (χ4v) is 3.19. The topological polar surface area (TPSA) is 40.3 Å². The first kappa shape index (κ1) is 23.7. The van der Waals surface area contributed by atoms with Crippen LogP contribution in [0.3, 0.4) is 0 Å². The molecular weight excluding hydrogens is 330 g/mol. The van der Waals surface area contributed by atoms with Gasteiger partial charge in [-0.2, -0.15) is 4.58 Å². The molecule has 1 aliphatic heterocycles. The molecule has 0 unspecified atom stereocenters. The van der Waals surface area contributed by atoms with Gasteiger partial charge in [-0.05, 0) is 38.8 Å². The van der Waals surface area contributed by atoms with Crippen LogP contribution >= 0.6 is 12.6 Å². The molecule has 0 spiro atoms. The van der Waals surface area contributed by atoms with E-state index in [4.69, 9.17) is 5.11 Å². The zero-order valence-electron chi connectivity index (χ0n) is 17.0. The third kappa shape index (κ3) is 6.18. The Hall–Kier alpha value is -1.29. The van der Waals surface area contributed by atoms with Gasteiger partial charge < -0.3 is 5.11 Å². The lowest BCUT2D eigenvalue weighted by atomic mass is 9.82. The second-order valence-electron chi connectivity index (χ2n) is 6.27. The molecule has 2 rings (SSSR count). The highest BCUT2D eigenvalue weighted by Crippen LogP contribution is 2.40. The van der Waals surface area contributed by atoms with Crippen molar-refractivity contribution in [3.05, 3.63) is 23.8 Å². The molecule has 1 N–H and O–H groups in total. The van der Waals surface area contributed by atoms with Crippen LogP contribution in [0.4, 0.5) is 5.69 Å². The Morgan fingerprint density at radius 1 is 1.12 bits per heavy atom. The number of unbranched alkanes of at least 4 members (excludes halogenated alkanes) is 2. The SMILES string of the molecule is CC.CC.CC1=[N+](CCCCCC(=O)O)c2ccc(S)cc2C1(C)C. The second kappa shape index (κ2) is 11.3. The Morgan fingerprint density at radius 3 is 2.28 bits per heavy atom. The van der Waals surface area contributed by atoms with Crippen LogP contribution in [0, 0.1) is 0 Å². The van der Waals surface area contributed by atoms with Crippen LogP contribution in [0.2, 0.25) is 0 Å². The Kier molecular flexibility index (Phi) is 10.8. The number of hydrogen-bond donors (Lipinski definition) is 2. The number of nitrogens with zero attached hydrogens (tertiary/aromatic N) is 1. The number of thiol groups is 1. The van der Waals surface area contributed by atoms with E-state index in [9.17, 15) is 4.79 Å². The van der Waals surface area contributed by atoms with E-state index in [0.717, 1.165) is 30.7 Å². The summed E-state index contributed by atoms with van der Waals surface area (Å²) in [6.07, 6.45) is 3.00. The second-order valence-corrected chi connectivity index (χ2v) is 6.78. The van der Waals surface area contributed by atoms with Crippen LogP contribution in [0.1, 0.15) is 79.7 Å². The number of rotatable bonds is 6. The number of hydrogen-bond acceptors (Lipinski definition) is 2. The standard InChI is InChI=1S/C17H23NO2S.2C2H6/c1-12-17(2,3)14-11-13(21)8-9-15(14)18(12)10-6-4-5-7-16(19)20;2*1-2/h8-9,11H,4-7,10H2,1-3H3,(H-,19,20,21);2*1-2H3/p+1. The summed E-state index contributed by atoms with van der Waals surface area (Å²) >= 11 is 4.45. The molecule has 1 aliphatic rings. The molecular formula is C21H36NO2S+. The van der Waals surface area contributed by atoms with Crippen LogP contribution in [-0.4, -0.2) is 27.9 Å². The summed E-state index contributed by atoms with van der Waals surface area (Å²) in [5, 5.41) is 8.67. The first-order valence-electron chi connectivity index (χ1n) is 9.51. The van der Waals surface area contributed by atoms with E-state index in [0.29, 0.717) is 0 Å². The highest BCUT2D eigenvalue weighted by Gasteiger charge is 2.42. The van der Waals surface area contributed by atoms with Crippen molar-refractivity contribution >= 4 is 30.0 Å². The predicted molar refractivity (Wildman–Crippen MR) is 111 cm³/mol. The van der Waals surface area contributed by atoms with Crippen molar-refractivity contribution in [2.45, 2.75) is 84.5 Å². The Bertz CT molecular complexity index is 592. The summed E-state index contributed by atoms with van der Waals surface area (Å²) in [5.74, 6) is -0.702. The fourth-order valence-electron chi connectivity index (χ4n) is 2.98. The van der Waals surface area contributed by atoms with Gasteiger partial charge in [-0.1, -0.05) is 27.7 Å². The van der Waals surface area contributed by atoms with E-state index in [1.165, 1.54) is 17.0 Å². The summed E-state index contributed by atoms with van der Waals surface area (Å²) < 4.78 is 2.38. The molecule has 1 heterocycles. The molecule has 1 aromatic carbocycles. The lowest BCUT2D eigenvalue weighted by molar-refractivity contribution is -0.439. The normalized spacial score (nSPS) is 14.1. The van der Waals surface area contributed by atoms with Gasteiger partial charge >= 0.3 is 5.97 Å². The number of fused-ring (bicyclic) bond motifs is 1. The van der Waals surface area contributed by atoms with Crippen LogP contribution in [-0.2, 0) is 10.2 Å². The van der Waals surface area contributed by atoms with E-state index in [1.807, 2.05) is 33.8 Å².